The van der Waals surface area contributed by atoms with E-state index in [1.807, 2.05) is 40.7 Å². The van der Waals surface area contributed by atoms with Gasteiger partial charge in [0.1, 0.15) is 11.3 Å². The van der Waals surface area contributed by atoms with Gasteiger partial charge in [0.2, 0.25) is 0 Å². The van der Waals surface area contributed by atoms with Crippen molar-refractivity contribution in [3.05, 3.63) is 15.9 Å². The third kappa shape index (κ3) is 5.27. The maximum Gasteiger partial charge on any atom is 0.413 e. The summed E-state index contributed by atoms with van der Waals surface area (Å²) in [7, 11) is -1.44. The summed E-state index contributed by atoms with van der Waals surface area (Å²) in [6, 6.07) is -0.172. The van der Waals surface area contributed by atoms with Gasteiger partial charge in [-0.15, -0.1) is 5.73 Å². The quantitative estimate of drug-likeness (QED) is 0.508. The molecule has 1 saturated heterocycles. The molecule has 0 unspecified atom stereocenters. The van der Waals surface area contributed by atoms with Crippen molar-refractivity contribution in [1.82, 2.24) is 4.90 Å². The van der Waals surface area contributed by atoms with E-state index >= 15 is 0 Å². The summed E-state index contributed by atoms with van der Waals surface area (Å²) in [5, 5.41) is 0. The number of hydrogen-bond donors (Lipinski definition) is 0. The third-order valence-corrected chi connectivity index (χ3v) is 8.43. The van der Waals surface area contributed by atoms with E-state index in [4.69, 9.17) is 9.47 Å². The fourth-order valence-electron chi connectivity index (χ4n) is 2.01. The van der Waals surface area contributed by atoms with E-state index < -0.39 is 19.4 Å². The van der Waals surface area contributed by atoms with Crippen molar-refractivity contribution in [2.75, 3.05) is 6.61 Å². The Labute approximate surface area is 143 Å². The molecule has 1 rings (SSSR count). The number of ether oxygens (including phenoxy) is 2. The molecule has 126 valence electrons. The summed E-state index contributed by atoms with van der Waals surface area (Å²) in [5.41, 5.74) is 2.08. The summed E-state index contributed by atoms with van der Waals surface area (Å²) in [4.78, 5) is 14.1. The van der Waals surface area contributed by atoms with Crippen molar-refractivity contribution >= 4 is 30.1 Å². The molecular weight excluding hydrogens is 362 g/mol. The van der Waals surface area contributed by atoms with Crippen LogP contribution in [0.4, 0.5) is 4.79 Å². The Bertz CT molecular complexity index is 497. The molecule has 22 heavy (non-hydrogen) atoms. The normalized spacial score (nSPS) is 21.3. The number of halogens is 1. The van der Waals surface area contributed by atoms with Crippen molar-refractivity contribution in [2.24, 2.45) is 0 Å². The van der Waals surface area contributed by atoms with Gasteiger partial charge in [-0.05, 0) is 40.7 Å². The zero-order valence-corrected chi connectivity index (χ0v) is 17.5. The molecule has 0 spiro atoms. The molecule has 0 N–H and O–H groups in total. The predicted molar refractivity (Wildman–Crippen MR) is 95.8 cm³/mol. The first kappa shape index (κ1) is 19.5. The minimum Gasteiger partial charge on any atom is -0.444 e. The molecule has 1 aliphatic rings. The van der Waals surface area contributed by atoms with Crippen LogP contribution in [0.5, 0.6) is 0 Å². The highest BCUT2D eigenvalue weighted by atomic mass is 79.9. The number of hydrogen-bond acceptors (Lipinski definition) is 3. The maximum atomic E-state index is 12.5. The van der Waals surface area contributed by atoms with Gasteiger partial charge < -0.3 is 9.47 Å². The molecule has 0 aromatic heterocycles. The van der Waals surface area contributed by atoms with Crippen molar-refractivity contribution in [1.29, 1.82) is 0 Å². The largest absolute Gasteiger partial charge is 0.444 e. The lowest BCUT2D eigenvalue weighted by atomic mass is 10.2. The van der Waals surface area contributed by atoms with Crippen LogP contribution >= 0.6 is 15.9 Å². The van der Waals surface area contributed by atoms with Crippen LogP contribution in [0.15, 0.2) is 15.9 Å². The van der Waals surface area contributed by atoms with Crippen molar-refractivity contribution < 1.29 is 14.3 Å². The second-order valence-corrected chi connectivity index (χ2v) is 14.6. The lowest BCUT2D eigenvalue weighted by molar-refractivity contribution is -0.0610. The average Bonchev–Trinajstić information content (AvgIpc) is 2.57. The van der Waals surface area contributed by atoms with Gasteiger partial charge in [0.15, 0.2) is 0 Å². The lowest BCUT2D eigenvalue weighted by Crippen LogP contribution is -2.49. The summed E-state index contributed by atoms with van der Waals surface area (Å²) in [6.45, 7) is 16.5. The molecule has 6 heteroatoms. The minimum absolute atomic E-state index is 0.172. The van der Waals surface area contributed by atoms with Crippen molar-refractivity contribution in [2.45, 2.75) is 71.6 Å². The predicted octanol–water partition coefficient (Wildman–Crippen LogP) is 4.67. The molecule has 0 radical (unpaired) electrons. The van der Waals surface area contributed by atoms with Gasteiger partial charge in [-0.25, -0.2) is 4.79 Å². The van der Waals surface area contributed by atoms with Gasteiger partial charge in [-0.2, -0.15) is 0 Å². The van der Waals surface area contributed by atoms with Gasteiger partial charge in [0.05, 0.1) is 20.7 Å². The number of carbonyl (C=O) groups excluding carboxylic acids is 1. The third-order valence-electron chi connectivity index (χ3n) is 3.17. The first-order valence-electron chi connectivity index (χ1n) is 7.53. The van der Waals surface area contributed by atoms with Gasteiger partial charge in [0, 0.05) is 4.11 Å². The van der Waals surface area contributed by atoms with Crippen LogP contribution < -0.4 is 0 Å². The topological polar surface area (TPSA) is 38.8 Å². The Balaban J connectivity index is 3.05. The zero-order valence-electron chi connectivity index (χ0n) is 14.9. The Kier molecular flexibility index (Phi) is 5.77. The summed E-state index contributed by atoms with van der Waals surface area (Å²) < 4.78 is 12.4. The van der Waals surface area contributed by atoms with Gasteiger partial charge in [0.25, 0.3) is 0 Å². The maximum absolute atomic E-state index is 12.5. The van der Waals surface area contributed by atoms with E-state index in [-0.39, 0.29) is 12.1 Å². The molecule has 0 aromatic rings. The van der Waals surface area contributed by atoms with E-state index in [2.05, 4.69) is 41.3 Å². The first-order chi connectivity index (χ1) is 9.74. The van der Waals surface area contributed by atoms with Crippen LogP contribution in [0.25, 0.3) is 0 Å². The highest BCUT2D eigenvalue weighted by Gasteiger charge is 2.44. The molecule has 1 atom stereocenters. The second kappa shape index (κ2) is 6.52. The van der Waals surface area contributed by atoms with Crippen molar-refractivity contribution in [3.63, 3.8) is 0 Å². The molecule has 1 fully saturated rings. The SMILES string of the molecule is CC(C)(C)OC(=O)N1[C@H](C=C=C(Br)[Si](C)(C)C)COC1(C)C. The molecule has 1 aliphatic heterocycles. The zero-order chi connectivity index (χ0) is 17.3. The Hall–Kier alpha value is -0.553. The Morgan fingerprint density at radius 1 is 1.41 bits per heavy atom. The fourth-order valence-corrected chi connectivity index (χ4v) is 2.66. The number of amides is 1. The molecule has 4 nitrogen and oxygen atoms in total. The Morgan fingerprint density at radius 3 is 2.41 bits per heavy atom. The van der Waals surface area contributed by atoms with Gasteiger partial charge >= 0.3 is 6.09 Å². The molecule has 1 heterocycles. The standard InChI is InChI=1S/C16H28BrNO3Si/c1-15(2,3)21-14(19)18-12(11-20-16(18,4)5)9-10-13(17)22(6,7)8/h9,12H,11H2,1-8H3/t10?,12-/m1/s1. The molecule has 0 aromatic carbocycles. The highest BCUT2D eigenvalue weighted by Crippen LogP contribution is 2.30. The van der Waals surface area contributed by atoms with Gasteiger partial charge in [-0.3, -0.25) is 4.90 Å². The number of nitrogens with zero attached hydrogens (tertiary/aromatic N) is 1. The minimum atomic E-state index is -1.44. The summed E-state index contributed by atoms with van der Waals surface area (Å²) in [5.74, 6) is 0. The summed E-state index contributed by atoms with van der Waals surface area (Å²) in [6.07, 6.45) is 1.54. The van der Waals surface area contributed by atoms with E-state index in [1.54, 1.807) is 4.90 Å². The van der Waals surface area contributed by atoms with Crippen LogP contribution in [0, 0.1) is 0 Å². The van der Waals surface area contributed by atoms with Crippen LogP contribution in [-0.4, -0.2) is 43.0 Å². The van der Waals surface area contributed by atoms with Crippen LogP contribution in [-0.2, 0) is 9.47 Å². The van der Waals surface area contributed by atoms with E-state index in [9.17, 15) is 4.79 Å². The second-order valence-electron chi connectivity index (χ2n) is 8.05. The number of rotatable bonds is 2. The summed E-state index contributed by atoms with van der Waals surface area (Å²) >= 11 is 3.60. The Morgan fingerprint density at radius 2 is 1.95 bits per heavy atom. The smallest absolute Gasteiger partial charge is 0.413 e. The number of carbonyl (C=O) groups is 1. The van der Waals surface area contributed by atoms with Crippen LogP contribution in [0.2, 0.25) is 19.6 Å². The van der Waals surface area contributed by atoms with Crippen LogP contribution in [0.1, 0.15) is 34.6 Å². The molecule has 0 bridgehead atoms. The van der Waals surface area contributed by atoms with E-state index in [1.165, 1.54) is 0 Å². The first-order valence-corrected chi connectivity index (χ1v) is 11.8. The van der Waals surface area contributed by atoms with Crippen LogP contribution in [0.3, 0.4) is 0 Å². The monoisotopic (exact) mass is 389 g/mol. The molecule has 0 aliphatic carbocycles. The van der Waals surface area contributed by atoms with Crippen molar-refractivity contribution in [3.8, 4) is 0 Å². The van der Waals surface area contributed by atoms with Gasteiger partial charge in [-0.1, -0.05) is 35.6 Å². The highest BCUT2D eigenvalue weighted by molar-refractivity contribution is 9.12. The average molecular weight is 390 g/mol. The molecule has 0 saturated carbocycles. The molecular formula is C16H28BrNO3Si. The molecule has 1 amide bonds. The lowest BCUT2D eigenvalue weighted by Gasteiger charge is -2.34. The van der Waals surface area contributed by atoms with E-state index in [0.29, 0.717) is 6.61 Å². The van der Waals surface area contributed by atoms with E-state index in [0.717, 1.165) is 4.11 Å². The fraction of sp³-hybridized carbons (Fsp3) is 0.750.